The third-order valence-corrected chi connectivity index (χ3v) is 6.18. The summed E-state index contributed by atoms with van der Waals surface area (Å²) in [6.07, 6.45) is 4.04. The third kappa shape index (κ3) is 3.83. The fourth-order valence-corrected chi connectivity index (χ4v) is 4.33. The fraction of sp³-hybridized carbons (Fsp3) is 0.353. The number of anilines is 1. The molecule has 3 rings (SSSR count). The SMILES string of the molecule is CNC(=O)c1ccc(S(=O)(=O)N2CCCN(c3ncccn3)CC2)cc1. The van der Waals surface area contributed by atoms with Gasteiger partial charge < -0.3 is 10.2 Å². The topological polar surface area (TPSA) is 95.5 Å². The van der Waals surface area contributed by atoms with Crippen molar-refractivity contribution in [3.63, 3.8) is 0 Å². The Hall–Kier alpha value is -2.52. The molecule has 0 bridgehead atoms. The van der Waals surface area contributed by atoms with Crippen LogP contribution in [0.5, 0.6) is 0 Å². The first-order valence-corrected chi connectivity index (χ1v) is 9.80. The van der Waals surface area contributed by atoms with Gasteiger partial charge in [0.05, 0.1) is 4.90 Å². The van der Waals surface area contributed by atoms with Crippen LogP contribution < -0.4 is 10.2 Å². The Bertz CT molecular complexity index is 856. The van der Waals surface area contributed by atoms with Crippen molar-refractivity contribution in [3.05, 3.63) is 48.3 Å². The number of carbonyl (C=O) groups excluding carboxylic acids is 1. The van der Waals surface area contributed by atoms with Crippen molar-refractivity contribution < 1.29 is 13.2 Å². The molecule has 1 fully saturated rings. The molecule has 1 aliphatic rings. The van der Waals surface area contributed by atoms with E-state index in [0.717, 1.165) is 0 Å². The summed E-state index contributed by atoms with van der Waals surface area (Å²) in [7, 11) is -2.07. The van der Waals surface area contributed by atoms with Gasteiger partial charge >= 0.3 is 0 Å². The van der Waals surface area contributed by atoms with Crippen LogP contribution in [0.1, 0.15) is 16.8 Å². The van der Waals surface area contributed by atoms with Gasteiger partial charge in [-0.3, -0.25) is 4.79 Å². The summed E-state index contributed by atoms with van der Waals surface area (Å²) in [5.74, 6) is 0.365. The van der Waals surface area contributed by atoms with Crippen molar-refractivity contribution >= 4 is 21.9 Å². The number of benzene rings is 1. The second-order valence-corrected chi connectivity index (χ2v) is 7.83. The molecule has 0 spiro atoms. The predicted molar refractivity (Wildman–Crippen MR) is 97.5 cm³/mol. The highest BCUT2D eigenvalue weighted by atomic mass is 32.2. The zero-order chi connectivity index (χ0) is 18.6. The molecule has 8 nitrogen and oxygen atoms in total. The zero-order valence-electron chi connectivity index (χ0n) is 14.5. The summed E-state index contributed by atoms with van der Waals surface area (Å²) in [6.45, 7) is 2.02. The van der Waals surface area contributed by atoms with Crippen LogP contribution in [0.25, 0.3) is 0 Å². The number of aromatic nitrogens is 2. The van der Waals surface area contributed by atoms with Crippen LogP contribution in [-0.2, 0) is 10.0 Å². The molecule has 1 saturated heterocycles. The highest BCUT2D eigenvalue weighted by molar-refractivity contribution is 7.89. The lowest BCUT2D eigenvalue weighted by Gasteiger charge is -2.21. The molecule has 138 valence electrons. The number of nitrogens with one attached hydrogen (secondary N) is 1. The van der Waals surface area contributed by atoms with Gasteiger partial charge in [0.25, 0.3) is 5.91 Å². The number of amides is 1. The van der Waals surface area contributed by atoms with Crippen molar-refractivity contribution in [2.24, 2.45) is 0 Å². The number of rotatable bonds is 4. The van der Waals surface area contributed by atoms with Crippen molar-refractivity contribution in [3.8, 4) is 0 Å². The van der Waals surface area contributed by atoms with Crippen LogP contribution in [0.4, 0.5) is 5.95 Å². The van der Waals surface area contributed by atoms with Gasteiger partial charge in [-0.1, -0.05) is 0 Å². The highest BCUT2D eigenvalue weighted by Gasteiger charge is 2.27. The number of sulfonamides is 1. The zero-order valence-corrected chi connectivity index (χ0v) is 15.3. The molecule has 2 heterocycles. The van der Waals surface area contributed by atoms with E-state index in [0.29, 0.717) is 44.1 Å². The number of carbonyl (C=O) groups is 1. The molecule has 0 atom stereocenters. The summed E-state index contributed by atoms with van der Waals surface area (Å²) in [6, 6.07) is 7.74. The van der Waals surface area contributed by atoms with Gasteiger partial charge in [-0.05, 0) is 36.8 Å². The molecule has 0 unspecified atom stereocenters. The van der Waals surface area contributed by atoms with E-state index in [4.69, 9.17) is 0 Å². The summed E-state index contributed by atoms with van der Waals surface area (Å²) in [5, 5.41) is 2.52. The highest BCUT2D eigenvalue weighted by Crippen LogP contribution is 2.19. The fourth-order valence-electron chi connectivity index (χ4n) is 2.86. The number of hydrogen-bond donors (Lipinski definition) is 1. The van der Waals surface area contributed by atoms with Gasteiger partial charge in [0.1, 0.15) is 0 Å². The molecule has 1 N–H and O–H groups in total. The normalized spacial score (nSPS) is 16.1. The standard InChI is InChI=1S/C17H21N5O3S/c1-18-16(23)14-4-6-15(7-5-14)26(24,25)22-11-3-10-21(12-13-22)17-19-8-2-9-20-17/h2,4-9H,3,10-13H2,1H3,(H,18,23). The average Bonchev–Trinajstić information content (AvgIpc) is 2.95. The second kappa shape index (κ2) is 7.79. The smallest absolute Gasteiger partial charge is 0.251 e. The van der Waals surface area contributed by atoms with E-state index in [2.05, 4.69) is 15.3 Å². The van der Waals surface area contributed by atoms with Gasteiger partial charge in [0, 0.05) is 51.2 Å². The second-order valence-electron chi connectivity index (χ2n) is 5.90. The summed E-state index contributed by atoms with van der Waals surface area (Å²) in [5.41, 5.74) is 0.426. The van der Waals surface area contributed by atoms with Crippen LogP contribution in [0, 0.1) is 0 Å². The molecule has 0 aliphatic carbocycles. The Labute approximate surface area is 152 Å². The maximum absolute atomic E-state index is 12.9. The number of hydrogen-bond acceptors (Lipinski definition) is 6. The van der Waals surface area contributed by atoms with Crippen molar-refractivity contribution in [1.29, 1.82) is 0 Å². The molecule has 1 amide bonds. The molecule has 0 saturated carbocycles. The van der Waals surface area contributed by atoms with Gasteiger partial charge in [-0.15, -0.1) is 0 Å². The molecule has 2 aromatic rings. The molecule has 0 radical (unpaired) electrons. The lowest BCUT2D eigenvalue weighted by atomic mass is 10.2. The number of nitrogens with zero attached hydrogens (tertiary/aromatic N) is 4. The van der Waals surface area contributed by atoms with Gasteiger partial charge in [-0.25, -0.2) is 18.4 Å². The molecule has 1 aromatic carbocycles. The van der Waals surface area contributed by atoms with Crippen LogP contribution >= 0.6 is 0 Å². The van der Waals surface area contributed by atoms with Gasteiger partial charge in [0.15, 0.2) is 0 Å². The Morgan fingerprint density at radius 3 is 2.38 bits per heavy atom. The maximum Gasteiger partial charge on any atom is 0.251 e. The van der Waals surface area contributed by atoms with Crippen LogP contribution in [-0.4, -0.2) is 61.8 Å². The summed E-state index contributed by atoms with van der Waals surface area (Å²) < 4.78 is 27.3. The Morgan fingerprint density at radius 2 is 1.73 bits per heavy atom. The van der Waals surface area contributed by atoms with E-state index in [1.165, 1.54) is 35.6 Å². The van der Waals surface area contributed by atoms with E-state index in [1.54, 1.807) is 18.5 Å². The van der Waals surface area contributed by atoms with E-state index in [1.807, 2.05) is 4.90 Å². The minimum atomic E-state index is -3.61. The largest absolute Gasteiger partial charge is 0.355 e. The van der Waals surface area contributed by atoms with E-state index < -0.39 is 10.0 Å². The third-order valence-electron chi connectivity index (χ3n) is 4.27. The first kappa shape index (κ1) is 18.3. The van der Waals surface area contributed by atoms with Crippen molar-refractivity contribution in [2.45, 2.75) is 11.3 Å². The summed E-state index contributed by atoms with van der Waals surface area (Å²) in [4.78, 5) is 22.2. The quantitative estimate of drug-likeness (QED) is 0.847. The van der Waals surface area contributed by atoms with E-state index >= 15 is 0 Å². The average molecular weight is 375 g/mol. The van der Waals surface area contributed by atoms with E-state index in [-0.39, 0.29) is 10.8 Å². The molecule has 1 aliphatic heterocycles. The minimum absolute atomic E-state index is 0.189. The lowest BCUT2D eigenvalue weighted by molar-refractivity contribution is 0.0963. The van der Waals surface area contributed by atoms with Gasteiger partial charge in [-0.2, -0.15) is 4.31 Å². The van der Waals surface area contributed by atoms with Crippen LogP contribution in [0.15, 0.2) is 47.6 Å². The van der Waals surface area contributed by atoms with Gasteiger partial charge in [0.2, 0.25) is 16.0 Å². The van der Waals surface area contributed by atoms with Crippen LogP contribution in [0.3, 0.4) is 0 Å². The minimum Gasteiger partial charge on any atom is -0.355 e. The first-order chi connectivity index (χ1) is 12.5. The Morgan fingerprint density at radius 1 is 1.04 bits per heavy atom. The molecule has 1 aromatic heterocycles. The molecular formula is C17H21N5O3S. The summed E-state index contributed by atoms with van der Waals surface area (Å²) >= 11 is 0. The Balaban J connectivity index is 1.74. The monoisotopic (exact) mass is 375 g/mol. The Kier molecular flexibility index (Phi) is 5.48. The predicted octanol–water partition coefficient (Wildman–Crippen LogP) is 0.737. The first-order valence-electron chi connectivity index (χ1n) is 8.36. The molecular weight excluding hydrogens is 354 g/mol. The van der Waals surface area contributed by atoms with E-state index in [9.17, 15) is 13.2 Å². The van der Waals surface area contributed by atoms with Crippen LogP contribution in [0.2, 0.25) is 0 Å². The molecule has 9 heteroatoms. The maximum atomic E-state index is 12.9. The van der Waals surface area contributed by atoms with Crippen molar-refractivity contribution in [1.82, 2.24) is 19.6 Å². The van der Waals surface area contributed by atoms with Crippen molar-refractivity contribution in [2.75, 3.05) is 38.1 Å². The molecule has 26 heavy (non-hydrogen) atoms. The lowest BCUT2D eigenvalue weighted by Crippen LogP contribution is -2.35.